The maximum atomic E-state index is 15.9. The normalized spacial score (nSPS) is 13.3. The number of benzene rings is 2. The fourth-order valence-electron chi connectivity index (χ4n) is 5.39. The van der Waals surface area contributed by atoms with Crippen molar-refractivity contribution in [2.45, 2.75) is 32.7 Å². The molecule has 0 fully saturated rings. The highest BCUT2D eigenvalue weighted by Crippen LogP contribution is 2.47. The van der Waals surface area contributed by atoms with Crippen molar-refractivity contribution in [3.63, 3.8) is 0 Å². The van der Waals surface area contributed by atoms with E-state index in [0.717, 1.165) is 22.6 Å². The molecule has 2 amide bonds. The van der Waals surface area contributed by atoms with Gasteiger partial charge in [-0.3, -0.25) is 14.7 Å². The van der Waals surface area contributed by atoms with Crippen molar-refractivity contribution < 1.29 is 23.1 Å². The van der Waals surface area contributed by atoms with E-state index in [-0.39, 0.29) is 29.7 Å². The van der Waals surface area contributed by atoms with E-state index in [2.05, 4.69) is 27.4 Å². The van der Waals surface area contributed by atoms with Crippen LogP contribution in [0.4, 0.5) is 8.78 Å². The molecular weight excluding hydrogens is 584 g/mol. The first-order chi connectivity index (χ1) is 21.3. The molecule has 4 heterocycles. The zero-order valence-electron chi connectivity index (χ0n) is 24.1. The number of pyridine rings is 1. The third-order valence-corrected chi connectivity index (χ3v) is 8.42. The monoisotopic (exact) mass is 613 g/mol. The number of ether oxygens (including phenoxy) is 1. The summed E-state index contributed by atoms with van der Waals surface area (Å²) in [4.78, 5) is 29.5. The van der Waals surface area contributed by atoms with Gasteiger partial charge in [-0.2, -0.15) is 5.10 Å². The number of nitrogens with one attached hydrogen (secondary N) is 3. The molecule has 1 atom stereocenters. The first kappa shape index (κ1) is 29.2. The fourth-order valence-corrected chi connectivity index (χ4v) is 6.33. The number of H-pyrrole nitrogens is 1. The summed E-state index contributed by atoms with van der Waals surface area (Å²) in [5.74, 6) is -1.93. The average molecular weight is 614 g/mol. The second-order valence-corrected chi connectivity index (χ2v) is 11.4. The van der Waals surface area contributed by atoms with Crippen LogP contribution in [-0.2, 0) is 11.2 Å². The lowest BCUT2D eigenvalue weighted by Crippen LogP contribution is -2.31. The van der Waals surface area contributed by atoms with Crippen LogP contribution in [0, 0.1) is 11.6 Å². The predicted octanol–water partition coefficient (Wildman–Crippen LogP) is 6.74. The number of fused-ring (bicyclic) bond motifs is 2. The number of thiophene rings is 1. The highest BCUT2D eigenvalue weighted by Gasteiger charge is 2.27. The number of hydrogen-bond donors (Lipinski definition) is 3. The fraction of sp³-hybridized carbons (Fsp3) is 0.212. The Bertz CT molecular complexity index is 1930. The Balaban J connectivity index is 1.61. The number of rotatable bonds is 9. The third-order valence-electron chi connectivity index (χ3n) is 7.49. The molecule has 11 heteroatoms. The summed E-state index contributed by atoms with van der Waals surface area (Å²) in [6.45, 7) is 8.01. The van der Waals surface area contributed by atoms with E-state index >= 15 is 4.39 Å². The molecule has 0 spiro atoms. The van der Waals surface area contributed by atoms with E-state index in [1.54, 1.807) is 19.1 Å². The third kappa shape index (κ3) is 5.35. The molecule has 0 saturated heterocycles. The molecule has 3 N–H and O–H groups in total. The molecule has 8 nitrogen and oxygen atoms in total. The number of halogens is 2. The topological polar surface area (TPSA) is 109 Å². The van der Waals surface area contributed by atoms with Crippen LogP contribution in [0.5, 0.6) is 5.75 Å². The molecule has 224 valence electrons. The Hall–Kier alpha value is -4.90. The van der Waals surface area contributed by atoms with Crippen LogP contribution in [0.1, 0.15) is 47.9 Å². The number of carbonyl (C=O) groups is 2. The average Bonchev–Trinajstić information content (AvgIpc) is 3.70. The van der Waals surface area contributed by atoms with E-state index in [4.69, 9.17) is 9.72 Å². The second-order valence-electron chi connectivity index (χ2n) is 10.5. The molecule has 0 bridgehead atoms. The smallest absolute Gasteiger partial charge is 0.251 e. The Morgan fingerprint density at radius 3 is 2.82 bits per heavy atom. The Morgan fingerprint density at radius 1 is 1.18 bits per heavy atom. The minimum Gasteiger partial charge on any atom is -0.493 e. The first-order valence-electron chi connectivity index (χ1n) is 14.2. The Labute approximate surface area is 256 Å². The molecule has 0 radical (unpaired) electrons. The van der Waals surface area contributed by atoms with E-state index in [1.165, 1.54) is 23.5 Å². The highest BCUT2D eigenvalue weighted by atomic mass is 32.1. The zero-order valence-corrected chi connectivity index (χ0v) is 24.9. The van der Waals surface area contributed by atoms with Gasteiger partial charge in [0.1, 0.15) is 28.8 Å². The molecular formula is C33H29F2N5O3S. The van der Waals surface area contributed by atoms with Gasteiger partial charge >= 0.3 is 0 Å². The summed E-state index contributed by atoms with van der Waals surface area (Å²) < 4.78 is 36.9. The van der Waals surface area contributed by atoms with Crippen LogP contribution in [0.3, 0.4) is 0 Å². The summed E-state index contributed by atoms with van der Waals surface area (Å²) >= 11 is 1.40. The quantitative estimate of drug-likeness (QED) is 0.160. The van der Waals surface area contributed by atoms with Crippen molar-refractivity contribution in [1.29, 1.82) is 0 Å². The molecule has 2 aromatic carbocycles. The minimum absolute atomic E-state index is 0.0667. The summed E-state index contributed by atoms with van der Waals surface area (Å²) in [6, 6.07) is 10.9. The van der Waals surface area contributed by atoms with Crippen molar-refractivity contribution in [1.82, 2.24) is 25.8 Å². The van der Waals surface area contributed by atoms with Gasteiger partial charge in [-0.1, -0.05) is 19.6 Å². The van der Waals surface area contributed by atoms with Crippen LogP contribution < -0.4 is 15.4 Å². The Morgan fingerprint density at radius 2 is 2.02 bits per heavy atom. The first-order valence-corrected chi connectivity index (χ1v) is 15.1. The maximum Gasteiger partial charge on any atom is 0.251 e. The number of nitrogens with zero attached hydrogens (tertiary/aromatic N) is 2. The minimum atomic E-state index is -0.788. The van der Waals surface area contributed by atoms with Gasteiger partial charge in [-0.05, 0) is 61.1 Å². The summed E-state index contributed by atoms with van der Waals surface area (Å²) in [5.41, 5.74) is 4.80. The highest BCUT2D eigenvalue weighted by molar-refractivity contribution is 7.18. The van der Waals surface area contributed by atoms with Crippen molar-refractivity contribution in [2.24, 2.45) is 0 Å². The maximum absolute atomic E-state index is 15.9. The molecule has 0 saturated carbocycles. The number of carbonyl (C=O) groups excluding carboxylic acids is 2. The lowest BCUT2D eigenvalue weighted by molar-refractivity contribution is -0.117. The van der Waals surface area contributed by atoms with Crippen molar-refractivity contribution in [2.75, 3.05) is 13.2 Å². The van der Waals surface area contributed by atoms with Crippen LogP contribution in [0.25, 0.3) is 43.9 Å². The van der Waals surface area contributed by atoms with Crippen molar-refractivity contribution >= 4 is 33.2 Å². The van der Waals surface area contributed by atoms with Crippen molar-refractivity contribution in [3.05, 3.63) is 89.0 Å². The van der Waals surface area contributed by atoms with Crippen LogP contribution in [-0.4, -0.2) is 40.1 Å². The molecule has 3 aromatic heterocycles. The molecule has 1 aliphatic heterocycles. The lowest BCUT2D eigenvalue weighted by Gasteiger charge is -2.19. The lowest BCUT2D eigenvalue weighted by atomic mass is 9.93. The standard InChI is InChI=1S/C33H29F2N5O3S/c1-4-11-43-26-15-20(34)14-23(35)28(26)29-31(25-16-24(39-40-25)17(3)37-27(41)5-2)38-30(22-9-12-44-32(22)29)19-6-7-21-18(13-19)8-10-36-33(21)42/h5-7,9,12-17H,2,4,8,10-11H2,1,3H3,(H,36,42)(H,37,41)(H,39,40). The molecule has 44 heavy (non-hydrogen) atoms. The zero-order chi connectivity index (χ0) is 31.0. The van der Waals surface area contributed by atoms with Gasteiger partial charge in [0, 0.05) is 45.5 Å². The SMILES string of the molecule is C=CC(=O)NC(C)c1cc(-c2nc(-c3ccc4c(c3)CCNC4=O)c3ccsc3c2-c2c(F)cc(F)cc2OCCC)n[nH]1. The predicted molar refractivity (Wildman–Crippen MR) is 167 cm³/mol. The number of aromatic amines is 1. The van der Waals surface area contributed by atoms with Crippen LogP contribution in [0.15, 0.2) is 60.5 Å². The van der Waals surface area contributed by atoms with E-state index in [0.29, 0.717) is 58.0 Å². The number of aromatic nitrogens is 3. The van der Waals surface area contributed by atoms with Gasteiger partial charge in [0.15, 0.2) is 0 Å². The van der Waals surface area contributed by atoms with Crippen LogP contribution in [0.2, 0.25) is 0 Å². The van der Waals surface area contributed by atoms with E-state index in [1.807, 2.05) is 30.5 Å². The molecule has 6 rings (SSSR count). The Kier molecular flexibility index (Phi) is 7.96. The van der Waals surface area contributed by atoms with E-state index < -0.39 is 17.7 Å². The second kappa shape index (κ2) is 12.0. The van der Waals surface area contributed by atoms with E-state index in [9.17, 15) is 14.0 Å². The van der Waals surface area contributed by atoms with Gasteiger partial charge in [0.25, 0.3) is 5.91 Å². The number of amides is 2. The summed E-state index contributed by atoms with van der Waals surface area (Å²) in [6.07, 6.45) is 2.51. The molecule has 1 unspecified atom stereocenters. The molecule has 0 aliphatic carbocycles. The van der Waals surface area contributed by atoms with Gasteiger partial charge in [-0.25, -0.2) is 13.8 Å². The number of hydrogen-bond acceptors (Lipinski definition) is 6. The summed E-state index contributed by atoms with van der Waals surface area (Å²) in [5, 5.41) is 15.8. The van der Waals surface area contributed by atoms with Gasteiger partial charge in [0.2, 0.25) is 5.91 Å². The van der Waals surface area contributed by atoms with Gasteiger partial charge in [0.05, 0.1) is 29.6 Å². The molecule has 5 aromatic rings. The van der Waals surface area contributed by atoms with Crippen molar-refractivity contribution in [3.8, 4) is 39.5 Å². The van der Waals surface area contributed by atoms with Gasteiger partial charge in [-0.15, -0.1) is 11.3 Å². The largest absolute Gasteiger partial charge is 0.493 e. The van der Waals surface area contributed by atoms with Gasteiger partial charge < -0.3 is 15.4 Å². The summed E-state index contributed by atoms with van der Waals surface area (Å²) in [7, 11) is 0. The van der Waals surface area contributed by atoms with Crippen LogP contribution >= 0.6 is 11.3 Å². The molecule has 1 aliphatic rings.